The number of nitrogen functional groups attached to an aromatic ring is 1. The summed E-state index contributed by atoms with van der Waals surface area (Å²) in [5, 5.41) is 4.31. The van der Waals surface area contributed by atoms with Crippen LogP contribution in [0.3, 0.4) is 0 Å². The molecule has 102 valence electrons. The largest absolute Gasteiger partial charge is 0.396 e. The van der Waals surface area contributed by atoms with Gasteiger partial charge >= 0.3 is 0 Å². The van der Waals surface area contributed by atoms with E-state index in [0.29, 0.717) is 11.4 Å². The second kappa shape index (κ2) is 5.38. The molecule has 0 bridgehead atoms. The van der Waals surface area contributed by atoms with Gasteiger partial charge in [-0.15, -0.1) is 0 Å². The molecule has 0 saturated heterocycles. The molecular weight excluding hydrogens is 248 g/mol. The Morgan fingerprint density at radius 3 is 2.58 bits per heavy atom. The number of rotatable bonds is 4. The molecule has 2 aromatic rings. The Bertz CT molecular complexity index is 574. The van der Waals surface area contributed by atoms with Crippen LogP contribution in [0.15, 0.2) is 24.4 Å². The summed E-state index contributed by atoms with van der Waals surface area (Å²) < 4.78 is 28.7. The van der Waals surface area contributed by atoms with Crippen molar-refractivity contribution in [2.45, 2.75) is 32.7 Å². The molecule has 0 radical (unpaired) electrons. The van der Waals surface area contributed by atoms with Crippen molar-refractivity contribution in [2.75, 3.05) is 5.73 Å². The highest BCUT2D eigenvalue weighted by Gasteiger charge is 2.16. The lowest BCUT2D eigenvalue weighted by Crippen LogP contribution is -2.07. The Labute approximate surface area is 111 Å². The summed E-state index contributed by atoms with van der Waals surface area (Å²) in [4.78, 5) is 0. The molecule has 5 heteroatoms. The van der Waals surface area contributed by atoms with Gasteiger partial charge in [-0.3, -0.25) is 4.68 Å². The number of nitrogens with zero attached hydrogens (tertiary/aromatic N) is 2. The maximum Gasteiger partial charge on any atom is 0.132 e. The minimum absolute atomic E-state index is 0.0993. The van der Waals surface area contributed by atoms with E-state index in [9.17, 15) is 8.78 Å². The molecule has 0 aliphatic heterocycles. The Kier molecular flexibility index (Phi) is 3.83. The van der Waals surface area contributed by atoms with E-state index >= 15 is 0 Å². The van der Waals surface area contributed by atoms with E-state index in [4.69, 9.17) is 5.73 Å². The summed E-state index contributed by atoms with van der Waals surface area (Å²) in [5.41, 5.74) is 6.62. The quantitative estimate of drug-likeness (QED) is 0.914. The van der Waals surface area contributed by atoms with Crippen molar-refractivity contribution in [3.63, 3.8) is 0 Å². The van der Waals surface area contributed by atoms with Crippen LogP contribution in [0.1, 0.15) is 32.7 Å². The van der Waals surface area contributed by atoms with E-state index in [-0.39, 0.29) is 11.6 Å². The molecular formula is C14H17F2N3. The summed E-state index contributed by atoms with van der Waals surface area (Å²) in [6.45, 7) is 4.10. The average molecular weight is 265 g/mol. The van der Waals surface area contributed by atoms with Gasteiger partial charge in [0.25, 0.3) is 0 Å². The highest BCUT2D eigenvalue weighted by Crippen LogP contribution is 2.29. The van der Waals surface area contributed by atoms with Crippen molar-refractivity contribution >= 4 is 5.69 Å². The molecule has 0 aliphatic carbocycles. The summed E-state index contributed by atoms with van der Waals surface area (Å²) >= 11 is 0. The summed E-state index contributed by atoms with van der Waals surface area (Å²) in [6.07, 6.45) is 3.49. The first-order valence-corrected chi connectivity index (χ1v) is 6.36. The minimum Gasteiger partial charge on any atom is -0.396 e. The zero-order valence-corrected chi connectivity index (χ0v) is 11.0. The highest BCUT2D eigenvalue weighted by molar-refractivity contribution is 5.72. The van der Waals surface area contributed by atoms with Gasteiger partial charge in [-0.1, -0.05) is 13.8 Å². The third-order valence-electron chi connectivity index (χ3n) is 3.26. The molecule has 0 amide bonds. The SMILES string of the molecule is CCC(CC)n1cc(N)c(-c2cc(F)ccc2F)n1. The van der Waals surface area contributed by atoms with Crippen molar-refractivity contribution in [3.8, 4) is 11.3 Å². The minimum atomic E-state index is -0.525. The van der Waals surface area contributed by atoms with Crippen LogP contribution in [-0.2, 0) is 0 Å². The van der Waals surface area contributed by atoms with E-state index in [2.05, 4.69) is 18.9 Å². The molecule has 2 rings (SSSR count). The van der Waals surface area contributed by atoms with Crippen molar-refractivity contribution in [3.05, 3.63) is 36.0 Å². The van der Waals surface area contributed by atoms with Gasteiger partial charge in [0.1, 0.15) is 17.3 Å². The molecule has 0 unspecified atom stereocenters. The van der Waals surface area contributed by atoms with Gasteiger partial charge in [0, 0.05) is 11.8 Å². The molecule has 3 nitrogen and oxygen atoms in total. The molecule has 1 heterocycles. The lowest BCUT2D eigenvalue weighted by molar-refractivity contribution is 0.429. The maximum absolute atomic E-state index is 13.7. The fourth-order valence-corrected chi connectivity index (χ4v) is 2.14. The topological polar surface area (TPSA) is 43.8 Å². The number of anilines is 1. The number of aromatic nitrogens is 2. The third kappa shape index (κ3) is 2.59. The van der Waals surface area contributed by atoms with Crippen LogP contribution in [0.5, 0.6) is 0 Å². The van der Waals surface area contributed by atoms with Crippen LogP contribution < -0.4 is 5.73 Å². The van der Waals surface area contributed by atoms with Crippen LogP contribution in [0.2, 0.25) is 0 Å². The number of benzene rings is 1. The van der Waals surface area contributed by atoms with E-state index in [0.717, 1.165) is 31.0 Å². The zero-order chi connectivity index (χ0) is 14.0. The molecule has 0 spiro atoms. The standard InChI is InChI=1S/C14H17F2N3/c1-3-10(4-2)19-8-13(17)14(18-19)11-7-9(15)5-6-12(11)16/h5-8,10H,3-4,17H2,1-2H3. The fourth-order valence-electron chi connectivity index (χ4n) is 2.14. The van der Waals surface area contributed by atoms with Gasteiger partial charge in [0.05, 0.1) is 11.7 Å². The predicted octanol–water partition coefficient (Wildman–Crippen LogP) is 3.77. The monoisotopic (exact) mass is 265 g/mol. The number of hydrogen-bond donors (Lipinski definition) is 1. The molecule has 1 aromatic heterocycles. The lowest BCUT2D eigenvalue weighted by atomic mass is 10.1. The molecule has 0 aliphatic rings. The first-order valence-electron chi connectivity index (χ1n) is 6.36. The molecule has 1 aromatic carbocycles. The summed E-state index contributed by atoms with van der Waals surface area (Å²) in [7, 11) is 0. The van der Waals surface area contributed by atoms with E-state index < -0.39 is 11.6 Å². The second-order valence-electron chi connectivity index (χ2n) is 4.51. The molecule has 0 fully saturated rings. The van der Waals surface area contributed by atoms with Gasteiger partial charge in [-0.25, -0.2) is 8.78 Å². The van der Waals surface area contributed by atoms with Gasteiger partial charge in [0.15, 0.2) is 0 Å². The molecule has 19 heavy (non-hydrogen) atoms. The van der Waals surface area contributed by atoms with Gasteiger partial charge in [0.2, 0.25) is 0 Å². The van der Waals surface area contributed by atoms with Crippen LogP contribution in [0.4, 0.5) is 14.5 Å². The van der Waals surface area contributed by atoms with E-state index in [1.807, 2.05) is 0 Å². The molecule has 0 atom stereocenters. The third-order valence-corrected chi connectivity index (χ3v) is 3.26. The van der Waals surface area contributed by atoms with Crippen molar-refractivity contribution < 1.29 is 8.78 Å². The van der Waals surface area contributed by atoms with Gasteiger partial charge < -0.3 is 5.73 Å². The molecule has 0 saturated carbocycles. The van der Waals surface area contributed by atoms with Gasteiger partial charge in [-0.05, 0) is 31.0 Å². The van der Waals surface area contributed by atoms with Crippen LogP contribution in [0.25, 0.3) is 11.3 Å². The fraction of sp³-hybridized carbons (Fsp3) is 0.357. The average Bonchev–Trinajstić information content (AvgIpc) is 2.76. The second-order valence-corrected chi connectivity index (χ2v) is 4.51. The van der Waals surface area contributed by atoms with Gasteiger partial charge in [-0.2, -0.15) is 5.10 Å². The number of halogens is 2. The highest BCUT2D eigenvalue weighted by atomic mass is 19.1. The van der Waals surface area contributed by atoms with Crippen molar-refractivity contribution in [2.24, 2.45) is 0 Å². The number of hydrogen-bond acceptors (Lipinski definition) is 2. The summed E-state index contributed by atoms with van der Waals surface area (Å²) in [5.74, 6) is -1.03. The normalized spacial score (nSPS) is 11.2. The van der Waals surface area contributed by atoms with Crippen LogP contribution in [0, 0.1) is 11.6 Å². The van der Waals surface area contributed by atoms with Crippen molar-refractivity contribution in [1.82, 2.24) is 9.78 Å². The Hall–Kier alpha value is -1.91. The molecule has 2 N–H and O–H groups in total. The predicted molar refractivity (Wildman–Crippen MR) is 71.6 cm³/mol. The number of nitrogens with two attached hydrogens (primary N) is 1. The lowest BCUT2D eigenvalue weighted by Gasteiger charge is -2.12. The summed E-state index contributed by atoms with van der Waals surface area (Å²) in [6, 6.07) is 3.49. The first kappa shape index (κ1) is 13.5. The van der Waals surface area contributed by atoms with Crippen LogP contribution >= 0.6 is 0 Å². The zero-order valence-electron chi connectivity index (χ0n) is 11.0. The first-order chi connectivity index (χ1) is 9.06. The van der Waals surface area contributed by atoms with E-state index in [1.165, 1.54) is 0 Å². The van der Waals surface area contributed by atoms with Crippen molar-refractivity contribution in [1.29, 1.82) is 0 Å². The Balaban J connectivity index is 2.48. The Morgan fingerprint density at radius 2 is 1.95 bits per heavy atom. The maximum atomic E-state index is 13.7. The smallest absolute Gasteiger partial charge is 0.132 e. The Morgan fingerprint density at radius 1 is 1.26 bits per heavy atom. The van der Waals surface area contributed by atoms with Crippen LogP contribution in [-0.4, -0.2) is 9.78 Å². The van der Waals surface area contributed by atoms with E-state index in [1.54, 1.807) is 10.9 Å².